The molecule has 1 fully saturated rings. The number of rotatable bonds is 3. The first kappa shape index (κ1) is 9.89. The van der Waals surface area contributed by atoms with E-state index >= 15 is 0 Å². The van der Waals surface area contributed by atoms with Crippen molar-refractivity contribution < 1.29 is 19.5 Å². The van der Waals surface area contributed by atoms with E-state index in [1.165, 1.54) is 0 Å². The van der Waals surface area contributed by atoms with Crippen LogP contribution >= 0.6 is 0 Å². The van der Waals surface area contributed by atoms with Crippen LogP contribution < -0.4 is 0 Å². The summed E-state index contributed by atoms with van der Waals surface area (Å²) in [6.45, 7) is 0. The fourth-order valence-corrected chi connectivity index (χ4v) is 1.67. The van der Waals surface area contributed by atoms with E-state index in [1.807, 2.05) is 0 Å². The maximum absolute atomic E-state index is 10.6. The van der Waals surface area contributed by atoms with E-state index in [-0.39, 0.29) is 5.92 Å². The average molecular weight is 184 g/mol. The molecule has 13 heavy (non-hydrogen) atoms. The van der Waals surface area contributed by atoms with Gasteiger partial charge in [-0.15, -0.1) is 0 Å². The molecule has 0 heterocycles. The topological polar surface area (TPSA) is 71.4 Å². The molecule has 0 amide bonds. The van der Waals surface area contributed by atoms with Gasteiger partial charge >= 0.3 is 5.97 Å². The second kappa shape index (κ2) is 3.68. The molecule has 0 bridgehead atoms. The van der Waals surface area contributed by atoms with Crippen LogP contribution in [-0.4, -0.2) is 23.6 Å². The Balaban J connectivity index is 2.59. The monoisotopic (exact) mass is 184 g/mol. The molecule has 0 unspecified atom stereocenters. The number of aliphatic carboxylic acids is 1. The molecule has 0 aliphatic heterocycles. The van der Waals surface area contributed by atoms with Gasteiger partial charge in [-0.2, -0.15) is 0 Å². The molecular formula is C9H12O4. The van der Waals surface area contributed by atoms with E-state index < -0.39 is 11.4 Å². The van der Waals surface area contributed by atoms with Crippen molar-refractivity contribution in [2.45, 2.75) is 25.7 Å². The number of aldehydes is 2. The van der Waals surface area contributed by atoms with E-state index in [2.05, 4.69) is 0 Å². The van der Waals surface area contributed by atoms with Gasteiger partial charge in [-0.05, 0) is 25.7 Å². The summed E-state index contributed by atoms with van der Waals surface area (Å²) in [6, 6.07) is 0. The van der Waals surface area contributed by atoms with Crippen molar-refractivity contribution in [1.29, 1.82) is 0 Å². The van der Waals surface area contributed by atoms with Crippen molar-refractivity contribution in [3.63, 3.8) is 0 Å². The fourth-order valence-electron chi connectivity index (χ4n) is 1.67. The SMILES string of the molecule is O=CC1(C=O)CCC(C(=O)O)CC1. The van der Waals surface area contributed by atoms with Gasteiger partial charge in [0.15, 0.2) is 0 Å². The number of carboxylic acid groups (broad SMARTS) is 1. The number of carbonyl (C=O) groups excluding carboxylic acids is 2. The van der Waals surface area contributed by atoms with Gasteiger partial charge in [-0.25, -0.2) is 0 Å². The lowest BCUT2D eigenvalue weighted by atomic mass is 9.72. The van der Waals surface area contributed by atoms with Crippen molar-refractivity contribution in [2.75, 3.05) is 0 Å². The molecule has 0 saturated heterocycles. The van der Waals surface area contributed by atoms with Crippen LogP contribution in [0, 0.1) is 11.3 Å². The minimum atomic E-state index is -0.897. The second-order valence-corrected chi connectivity index (χ2v) is 3.58. The van der Waals surface area contributed by atoms with Gasteiger partial charge in [0.1, 0.15) is 12.6 Å². The van der Waals surface area contributed by atoms with Gasteiger partial charge in [-0.1, -0.05) is 0 Å². The summed E-state index contributed by atoms with van der Waals surface area (Å²) >= 11 is 0. The van der Waals surface area contributed by atoms with E-state index in [0.717, 1.165) is 0 Å². The second-order valence-electron chi connectivity index (χ2n) is 3.58. The largest absolute Gasteiger partial charge is 0.481 e. The van der Waals surface area contributed by atoms with E-state index in [1.54, 1.807) is 0 Å². The zero-order valence-electron chi connectivity index (χ0n) is 7.23. The zero-order valence-corrected chi connectivity index (χ0v) is 7.23. The Hall–Kier alpha value is -1.19. The van der Waals surface area contributed by atoms with Crippen LogP contribution in [0.25, 0.3) is 0 Å². The average Bonchev–Trinajstić information content (AvgIpc) is 2.18. The molecule has 1 aliphatic rings. The van der Waals surface area contributed by atoms with Gasteiger partial charge in [0.2, 0.25) is 0 Å². The van der Waals surface area contributed by atoms with Crippen LogP contribution in [0.1, 0.15) is 25.7 Å². The number of carbonyl (C=O) groups is 3. The van der Waals surface area contributed by atoms with Crippen molar-refractivity contribution in [3.8, 4) is 0 Å². The zero-order chi connectivity index (χ0) is 9.90. The number of hydrogen-bond acceptors (Lipinski definition) is 3. The molecule has 0 atom stereocenters. The highest BCUT2D eigenvalue weighted by Gasteiger charge is 2.37. The smallest absolute Gasteiger partial charge is 0.306 e. The minimum absolute atomic E-state index is 0.372. The van der Waals surface area contributed by atoms with Gasteiger partial charge in [0, 0.05) is 0 Å². The molecule has 1 rings (SSSR count). The first-order valence-corrected chi connectivity index (χ1v) is 4.29. The molecule has 1 N–H and O–H groups in total. The molecule has 0 aromatic heterocycles. The molecule has 0 radical (unpaired) electrons. The van der Waals surface area contributed by atoms with Crippen molar-refractivity contribution in [2.24, 2.45) is 11.3 Å². The van der Waals surface area contributed by atoms with Crippen LogP contribution in [0.4, 0.5) is 0 Å². The molecule has 0 aromatic carbocycles. The quantitative estimate of drug-likeness (QED) is 0.516. The van der Waals surface area contributed by atoms with E-state index in [4.69, 9.17) is 5.11 Å². The van der Waals surface area contributed by atoms with Crippen LogP contribution in [0.15, 0.2) is 0 Å². The molecule has 0 spiro atoms. The van der Waals surface area contributed by atoms with Crippen molar-refractivity contribution >= 4 is 18.5 Å². The summed E-state index contributed by atoms with van der Waals surface area (Å²) in [4.78, 5) is 31.8. The van der Waals surface area contributed by atoms with Crippen LogP contribution in [-0.2, 0) is 14.4 Å². The molecular weight excluding hydrogens is 172 g/mol. The summed E-state index contributed by atoms with van der Waals surface area (Å²) in [5, 5.41) is 8.68. The molecule has 1 saturated carbocycles. The van der Waals surface area contributed by atoms with Gasteiger partial charge < -0.3 is 14.7 Å². The molecule has 4 heteroatoms. The fraction of sp³-hybridized carbons (Fsp3) is 0.667. The summed E-state index contributed by atoms with van der Waals surface area (Å²) in [7, 11) is 0. The molecule has 1 aliphatic carbocycles. The maximum Gasteiger partial charge on any atom is 0.306 e. The third-order valence-electron chi connectivity index (χ3n) is 2.74. The van der Waals surface area contributed by atoms with Crippen molar-refractivity contribution in [1.82, 2.24) is 0 Å². The third kappa shape index (κ3) is 1.94. The van der Waals surface area contributed by atoms with Crippen molar-refractivity contribution in [3.05, 3.63) is 0 Å². The maximum atomic E-state index is 10.6. The highest BCUT2D eigenvalue weighted by atomic mass is 16.4. The summed E-state index contributed by atoms with van der Waals surface area (Å²) in [6.07, 6.45) is 2.89. The molecule has 4 nitrogen and oxygen atoms in total. The third-order valence-corrected chi connectivity index (χ3v) is 2.74. The lowest BCUT2D eigenvalue weighted by Crippen LogP contribution is -2.32. The highest BCUT2D eigenvalue weighted by molar-refractivity contribution is 5.84. The van der Waals surface area contributed by atoms with E-state index in [9.17, 15) is 14.4 Å². The predicted octanol–water partition coefficient (Wildman–Crippen LogP) is 0.645. The normalized spacial score (nSPS) is 22.2. The Labute approximate surface area is 75.9 Å². The van der Waals surface area contributed by atoms with Crippen LogP contribution in [0.3, 0.4) is 0 Å². The Morgan fingerprint density at radius 3 is 2.00 bits per heavy atom. The minimum Gasteiger partial charge on any atom is -0.481 e. The Morgan fingerprint density at radius 2 is 1.69 bits per heavy atom. The number of carboxylic acids is 1. The number of hydrogen-bond donors (Lipinski definition) is 1. The summed E-state index contributed by atoms with van der Waals surface area (Å²) < 4.78 is 0. The lowest BCUT2D eigenvalue weighted by molar-refractivity contribution is -0.145. The van der Waals surface area contributed by atoms with E-state index in [0.29, 0.717) is 38.3 Å². The Morgan fingerprint density at radius 1 is 1.23 bits per heavy atom. The molecule has 0 aromatic rings. The predicted molar refractivity (Wildman–Crippen MR) is 44.2 cm³/mol. The van der Waals surface area contributed by atoms with Crippen LogP contribution in [0.2, 0.25) is 0 Å². The van der Waals surface area contributed by atoms with Gasteiger partial charge in [0.25, 0.3) is 0 Å². The highest BCUT2D eigenvalue weighted by Crippen LogP contribution is 2.35. The molecule has 72 valence electrons. The van der Waals surface area contributed by atoms with Gasteiger partial charge in [0.05, 0.1) is 11.3 Å². The van der Waals surface area contributed by atoms with Gasteiger partial charge in [-0.3, -0.25) is 4.79 Å². The summed E-state index contributed by atoms with van der Waals surface area (Å²) in [5.74, 6) is -1.21. The Bertz CT molecular complexity index is 216. The lowest BCUT2D eigenvalue weighted by Gasteiger charge is -2.29. The standard InChI is InChI=1S/C9H12O4/c10-5-9(6-11)3-1-7(2-4-9)8(12)13/h5-7H,1-4H2,(H,12,13). The summed E-state index contributed by atoms with van der Waals surface area (Å²) in [5.41, 5.74) is -0.897. The first-order chi connectivity index (χ1) is 6.13. The first-order valence-electron chi connectivity index (χ1n) is 4.29. The Kier molecular flexibility index (Phi) is 2.80. The van der Waals surface area contributed by atoms with Crippen LogP contribution in [0.5, 0.6) is 0 Å².